The molecule has 0 bridgehead atoms. The third-order valence-electron chi connectivity index (χ3n) is 8.01. The van der Waals surface area contributed by atoms with E-state index in [0.717, 1.165) is 62.9 Å². The molecule has 1 amide bonds. The van der Waals surface area contributed by atoms with E-state index in [2.05, 4.69) is 34.2 Å². The predicted molar refractivity (Wildman–Crippen MR) is 138 cm³/mol. The smallest absolute Gasteiger partial charge is 0.228 e. The lowest BCUT2D eigenvalue weighted by Crippen LogP contribution is -2.66. The maximum Gasteiger partial charge on any atom is 0.228 e. The van der Waals surface area contributed by atoms with Crippen molar-refractivity contribution in [3.63, 3.8) is 0 Å². The Morgan fingerprint density at radius 2 is 1.97 bits per heavy atom. The number of likely N-dealkylation sites (tertiary alicyclic amines) is 1. The zero-order valence-electron chi connectivity index (χ0n) is 21.2. The molecule has 3 aliphatic rings. The largest absolute Gasteiger partial charge is 0.485 e. The first-order valence-electron chi connectivity index (χ1n) is 13.0. The number of nitriles is 1. The van der Waals surface area contributed by atoms with Crippen molar-refractivity contribution in [2.45, 2.75) is 75.3 Å². The molecule has 2 saturated carbocycles. The van der Waals surface area contributed by atoms with Gasteiger partial charge in [0.15, 0.2) is 5.82 Å². The fraction of sp³-hybridized carbons (Fsp3) is 0.536. The van der Waals surface area contributed by atoms with Crippen LogP contribution in [-0.2, 0) is 10.3 Å². The quantitative estimate of drug-likeness (QED) is 0.374. The van der Waals surface area contributed by atoms with Crippen molar-refractivity contribution in [3.8, 4) is 24.2 Å². The van der Waals surface area contributed by atoms with E-state index in [1.54, 1.807) is 10.9 Å². The van der Waals surface area contributed by atoms with E-state index in [9.17, 15) is 15.2 Å². The number of nitrogens with zero attached hydrogens (tertiary/aromatic N) is 4. The molecule has 1 saturated heterocycles. The SMILES string of the molecule is C#Cc1ccc(OC2(C)CN(C3CCC(CC#N)(n4cc(C(N)O)c(NC(=O)C5CC5)n4)CC3)C2)cc1. The van der Waals surface area contributed by atoms with Crippen molar-refractivity contribution in [2.75, 3.05) is 18.4 Å². The average Bonchev–Trinajstić information content (AvgIpc) is 3.63. The molecule has 3 fully saturated rings. The number of aliphatic hydroxyl groups is 1. The average molecular weight is 503 g/mol. The molecular weight excluding hydrogens is 468 g/mol. The van der Waals surface area contributed by atoms with Crippen LogP contribution in [0.5, 0.6) is 5.75 Å². The second-order valence-corrected chi connectivity index (χ2v) is 11.0. The molecule has 9 nitrogen and oxygen atoms in total. The number of hydrogen-bond acceptors (Lipinski definition) is 7. The van der Waals surface area contributed by atoms with E-state index in [1.165, 1.54) is 0 Å². The van der Waals surface area contributed by atoms with E-state index in [0.29, 0.717) is 18.0 Å². The standard InChI is InChI=1S/C28H34N6O3/c1-3-19-4-8-22(9-5-19)37-27(2)17-33(18-27)21-10-12-28(13-11-21,14-15-29)34-16-23(24(30)35)25(32-34)31-26(36)20-6-7-20/h1,4-5,8-9,16,20-21,24,35H,6-7,10-14,17-18,30H2,2H3,(H,31,32,36). The van der Waals surface area contributed by atoms with Gasteiger partial charge in [-0.1, -0.05) is 5.92 Å². The summed E-state index contributed by atoms with van der Waals surface area (Å²) in [5.74, 6) is 3.64. The molecule has 0 radical (unpaired) electrons. The Morgan fingerprint density at radius 1 is 1.30 bits per heavy atom. The molecule has 4 N–H and O–H groups in total. The van der Waals surface area contributed by atoms with Gasteiger partial charge in [-0.15, -0.1) is 6.42 Å². The van der Waals surface area contributed by atoms with E-state index in [-0.39, 0.29) is 23.2 Å². The normalized spacial score (nSPS) is 25.8. The Kier molecular flexibility index (Phi) is 6.72. The van der Waals surface area contributed by atoms with E-state index in [4.69, 9.17) is 16.9 Å². The Hall–Kier alpha value is -3.37. The van der Waals surface area contributed by atoms with E-state index >= 15 is 0 Å². The maximum atomic E-state index is 12.3. The molecule has 1 aromatic carbocycles. The van der Waals surface area contributed by atoms with Crippen LogP contribution >= 0.6 is 0 Å². The molecule has 5 rings (SSSR count). The van der Waals surface area contributed by atoms with Crippen LogP contribution in [0.4, 0.5) is 5.82 Å². The molecular formula is C28H34N6O3. The Morgan fingerprint density at radius 3 is 2.54 bits per heavy atom. The Bertz CT molecular complexity index is 1220. The van der Waals surface area contributed by atoms with Gasteiger partial charge in [-0.3, -0.25) is 14.4 Å². The fourth-order valence-corrected chi connectivity index (χ4v) is 5.69. The van der Waals surface area contributed by atoms with Crippen LogP contribution < -0.4 is 15.8 Å². The Balaban J connectivity index is 1.23. The number of aromatic nitrogens is 2. The number of hydrogen-bond donors (Lipinski definition) is 3. The summed E-state index contributed by atoms with van der Waals surface area (Å²) in [4.78, 5) is 14.8. The highest BCUT2D eigenvalue weighted by molar-refractivity contribution is 5.93. The highest BCUT2D eigenvalue weighted by Crippen LogP contribution is 2.42. The maximum absolute atomic E-state index is 12.3. The highest BCUT2D eigenvalue weighted by atomic mass is 16.5. The molecule has 1 atom stereocenters. The van der Waals surface area contributed by atoms with Crippen LogP contribution in [-0.4, -0.2) is 50.4 Å². The van der Waals surface area contributed by atoms with Gasteiger partial charge in [0, 0.05) is 36.8 Å². The first-order chi connectivity index (χ1) is 17.7. The van der Waals surface area contributed by atoms with Gasteiger partial charge in [0.25, 0.3) is 0 Å². The van der Waals surface area contributed by atoms with E-state index < -0.39 is 11.8 Å². The van der Waals surface area contributed by atoms with Gasteiger partial charge in [0.05, 0.1) is 23.6 Å². The lowest BCUT2D eigenvalue weighted by atomic mass is 9.76. The summed E-state index contributed by atoms with van der Waals surface area (Å²) in [5, 5.41) is 27.2. The molecule has 2 aliphatic carbocycles. The molecule has 1 unspecified atom stereocenters. The first-order valence-corrected chi connectivity index (χ1v) is 13.0. The number of carbonyl (C=O) groups excluding carboxylic acids is 1. The summed E-state index contributed by atoms with van der Waals surface area (Å²) in [7, 11) is 0. The topological polar surface area (TPSA) is 129 Å². The van der Waals surface area contributed by atoms with Crippen molar-refractivity contribution in [1.29, 1.82) is 5.26 Å². The molecule has 37 heavy (non-hydrogen) atoms. The van der Waals surface area contributed by atoms with Gasteiger partial charge in [0.2, 0.25) is 5.91 Å². The van der Waals surface area contributed by atoms with Crippen LogP contribution in [0.2, 0.25) is 0 Å². The Labute approximate surface area is 217 Å². The van der Waals surface area contributed by atoms with Crippen LogP contribution in [0.15, 0.2) is 30.5 Å². The predicted octanol–water partition coefficient (Wildman–Crippen LogP) is 2.87. The third-order valence-corrected chi connectivity index (χ3v) is 8.01. The number of amides is 1. The van der Waals surface area contributed by atoms with Crippen molar-refractivity contribution in [2.24, 2.45) is 11.7 Å². The number of anilines is 1. The molecule has 9 heteroatoms. The van der Waals surface area contributed by atoms with Crippen molar-refractivity contribution >= 4 is 11.7 Å². The zero-order valence-corrected chi connectivity index (χ0v) is 21.2. The van der Waals surface area contributed by atoms with Gasteiger partial charge >= 0.3 is 0 Å². The molecule has 0 spiro atoms. The van der Waals surface area contributed by atoms with Crippen LogP contribution in [0.3, 0.4) is 0 Å². The second kappa shape index (κ2) is 9.83. The monoisotopic (exact) mass is 502 g/mol. The minimum absolute atomic E-state index is 0.00456. The van der Waals surface area contributed by atoms with Crippen LogP contribution in [0.25, 0.3) is 0 Å². The van der Waals surface area contributed by atoms with Crippen molar-refractivity contribution in [3.05, 3.63) is 41.6 Å². The number of aliphatic hydroxyl groups excluding tert-OH is 1. The van der Waals surface area contributed by atoms with Crippen LogP contribution in [0.1, 0.15) is 69.2 Å². The van der Waals surface area contributed by atoms with Gasteiger partial charge in [-0.2, -0.15) is 10.4 Å². The third kappa shape index (κ3) is 5.21. The minimum Gasteiger partial charge on any atom is -0.485 e. The zero-order chi connectivity index (χ0) is 26.2. The number of carbonyl (C=O) groups is 1. The van der Waals surface area contributed by atoms with Gasteiger partial charge in [-0.25, -0.2) is 0 Å². The summed E-state index contributed by atoms with van der Waals surface area (Å²) >= 11 is 0. The number of rotatable bonds is 8. The van der Waals surface area contributed by atoms with Gasteiger partial charge < -0.3 is 20.9 Å². The summed E-state index contributed by atoms with van der Waals surface area (Å²) in [5.41, 5.74) is 6.24. The second-order valence-electron chi connectivity index (χ2n) is 11.0. The van der Waals surface area contributed by atoms with Gasteiger partial charge in [-0.05, 0) is 69.7 Å². The highest BCUT2D eigenvalue weighted by Gasteiger charge is 2.47. The summed E-state index contributed by atoms with van der Waals surface area (Å²) < 4.78 is 8.03. The number of terminal acetylenes is 1. The minimum atomic E-state index is -1.26. The number of nitrogens with two attached hydrogens (primary N) is 1. The lowest BCUT2D eigenvalue weighted by molar-refractivity contribution is -0.117. The molecule has 1 aromatic heterocycles. The summed E-state index contributed by atoms with van der Waals surface area (Å²) in [6, 6.07) is 10.3. The van der Waals surface area contributed by atoms with Crippen LogP contribution in [0, 0.1) is 29.6 Å². The fourth-order valence-electron chi connectivity index (χ4n) is 5.69. The number of benzene rings is 1. The molecule has 2 aromatic rings. The van der Waals surface area contributed by atoms with Gasteiger partial charge in [0.1, 0.15) is 17.6 Å². The number of nitrogens with one attached hydrogen (secondary N) is 1. The molecule has 1 aliphatic heterocycles. The lowest BCUT2D eigenvalue weighted by Gasteiger charge is -2.53. The van der Waals surface area contributed by atoms with E-state index in [1.807, 2.05) is 24.3 Å². The molecule has 2 heterocycles. The first kappa shape index (κ1) is 25.3. The van der Waals surface area contributed by atoms with Crippen molar-refractivity contribution in [1.82, 2.24) is 14.7 Å². The summed E-state index contributed by atoms with van der Waals surface area (Å²) in [6.07, 6.45) is 11.3. The number of ether oxygens (including phenoxy) is 1. The van der Waals surface area contributed by atoms with Crippen molar-refractivity contribution < 1.29 is 14.6 Å². The summed E-state index contributed by atoms with van der Waals surface area (Å²) in [6.45, 7) is 3.80. The molecule has 194 valence electrons.